The van der Waals surface area contributed by atoms with Crippen LogP contribution in [-0.2, 0) is 5.60 Å². The zero-order chi connectivity index (χ0) is 15.2. The number of fused-ring (bicyclic) bond motifs is 1. The van der Waals surface area contributed by atoms with E-state index in [1.807, 2.05) is 0 Å². The molecule has 0 aromatic heterocycles. The summed E-state index contributed by atoms with van der Waals surface area (Å²) in [4.78, 5) is 2.39. The van der Waals surface area contributed by atoms with E-state index in [4.69, 9.17) is 0 Å². The lowest BCUT2D eigenvalue weighted by Gasteiger charge is -2.49. The van der Waals surface area contributed by atoms with E-state index in [-0.39, 0.29) is 5.41 Å². The minimum absolute atomic E-state index is 0.0441. The molecule has 0 bridgehead atoms. The average molecular weight is 295 g/mol. The van der Waals surface area contributed by atoms with Gasteiger partial charge in [-0.3, -0.25) is 0 Å². The monoisotopic (exact) mass is 295 g/mol. The first-order valence-corrected chi connectivity index (χ1v) is 8.53. The zero-order valence-corrected chi connectivity index (χ0v) is 13.4. The number of rotatable bonds is 1. The van der Waals surface area contributed by atoms with Crippen LogP contribution in [-0.4, -0.2) is 30.1 Å². The summed E-state index contributed by atoms with van der Waals surface area (Å²) in [6.45, 7) is 2.13. The molecule has 2 fully saturated rings. The molecule has 2 aliphatic rings. The molecule has 0 radical (unpaired) electrons. The maximum Gasteiger partial charge on any atom is 0.0965 e. The topological polar surface area (TPSA) is 23.5 Å². The predicted molar refractivity (Wildman–Crippen MR) is 90.9 cm³/mol. The first kappa shape index (κ1) is 14.2. The van der Waals surface area contributed by atoms with Crippen LogP contribution >= 0.6 is 0 Å². The third-order valence-corrected chi connectivity index (χ3v) is 6.09. The lowest BCUT2D eigenvalue weighted by atomic mass is 9.60. The normalized spacial score (nSPS) is 32.8. The van der Waals surface area contributed by atoms with Crippen LogP contribution in [0.1, 0.15) is 37.7 Å². The average Bonchev–Trinajstić information content (AvgIpc) is 2.92. The van der Waals surface area contributed by atoms with Gasteiger partial charge in [-0.25, -0.2) is 0 Å². The fourth-order valence-corrected chi connectivity index (χ4v) is 4.83. The second kappa shape index (κ2) is 5.07. The first-order valence-electron chi connectivity index (χ1n) is 8.53. The second-order valence-corrected chi connectivity index (χ2v) is 7.40. The van der Waals surface area contributed by atoms with Crippen molar-refractivity contribution in [1.29, 1.82) is 0 Å². The van der Waals surface area contributed by atoms with Crippen molar-refractivity contribution in [3.05, 3.63) is 48.0 Å². The Morgan fingerprint density at radius 1 is 0.955 bits per heavy atom. The van der Waals surface area contributed by atoms with Crippen LogP contribution in [0.5, 0.6) is 0 Å². The molecular weight excluding hydrogens is 270 g/mol. The van der Waals surface area contributed by atoms with Gasteiger partial charge in [0.15, 0.2) is 0 Å². The zero-order valence-electron chi connectivity index (χ0n) is 13.4. The molecule has 1 spiro atoms. The van der Waals surface area contributed by atoms with Gasteiger partial charge in [0.2, 0.25) is 0 Å². The molecule has 0 amide bonds. The van der Waals surface area contributed by atoms with Gasteiger partial charge in [0.1, 0.15) is 0 Å². The second-order valence-electron chi connectivity index (χ2n) is 7.40. The fraction of sp³-hybridized carbons (Fsp3) is 0.500. The summed E-state index contributed by atoms with van der Waals surface area (Å²) in [6.07, 6.45) is 5.56. The minimum Gasteiger partial charge on any atom is -0.385 e. The summed E-state index contributed by atoms with van der Waals surface area (Å²) in [7, 11) is 2.18. The summed E-state index contributed by atoms with van der Waals surface area (Å²) in [6, 6.07) is 15.0. The molecule has 2 unspecified atom stereocenters. The number of likely N-dealkylation sites (tertiary alicyclic amines) is 1. The van der Waals surface area contributed by atoms with Crippen LogP contribution in [0.15, 0.2) is 42.5 Å². The van der Waals surface area contributed by atoms with Gasteiger partial charge in [-0.2, -0.15) is 0 Å². The van der Waals surface area contributed by atoms with E-state index in [0.717, 1.165) is 44.3 Å². The van der Waals surface area contributed by atoms with E-state index in [1.54, 1.807) is 0 Å². The van der Waals surface area contributed by atoms with Crippen molar-refractivity contribution in [2.24, 2.45) is 5.41 Å². The van der Waals surface area contributed by atoms with E-state index < -0.39 is 5.60 Å². The van der Waals surface area contributed by atoms with E-state index in [0.29, 0.717) is 0 Å². The van der Waals surface area contributed by atoms with Crippen molar-refractivity contribution in [2.45, 2.75) is 37.7 Å². The fourth-order valence-electron chi connectivity index (χ4n) is 4.83. The van der Waals surface area contributed by atoms with Crippen LogP contribution in [0, 0.1) is 5.41 Å². The highest BCUT2D eigenvalue weighted by Gasteiger charge is 2.54. The summed E-state index contributed by atoms with van der Waals surface area (Å²) in [5.41, 5.74) is 0.504. The van der Waals surface area contributed by atoms with Crippen LogP contribution < -0.4 is 0 Å². The number of aliphatic hydroxyl groups is 1. The largest absolute Gasteiger partial charge is 0.385 e. The van der Waals surface area contributed by atoms with Crippen molar-refractivity contribution in [1.82, 2.24) is 4.90 Å². The molecule has 1 saturated heterocycles. The van der Waals surface area contributed by atoms with Gasteiger partial charge in [-0.15, -0.1) is 0 Å². The van der Waals surface area contributed by atoms with E-state index in [9.17, 15) is 5.11 Å². The molecule has 2 heteroatoms. The summed E-state index contributed by atoms with van der Waals surface area (Å²) in [5, 5.41) is 14.2. The van der Waals surface area contributed by atoms with Gasteiger partial charge in [0, 0.05) is 12.0 Å². The molecule has 1 saturated carbocycles. The third-order valence-electron chi connectivity index (χ3n) is 6.09. The Labute approximate surface area is 132 Å². The van der Waals surface area contributed by atoms with Gasteiger partial charge in [0.25, 0.3) is 0 Å². The van der Waals surface area contributed by atoms with E-state index >= 15 is 0 Å². The lowest BCUT2D eigenvalue weighted by molar-refractivity contribution is -0.116. The van der Waals surface area contributed by atoms with E-state index in [2.05, 4.69) is 54.4 Å². The Morgan fingerprint density at radius 2 is 1.73 bits per heavy atom. The smallest absolute Gasteiger partial charge is 0.0965 e. The number of benzene rings is 2. The molecule has 22 heavy (non-hydrogen) atoms. The minimum atomic E-state index is -0.667. The number of hydrogen-bond acceptors (Lipinski definition) is 2. The molecule has 1 N–H and O–H groups in total. The molecule has 116 valence electrons. The maximum absolute atomic E-state index is 11.7. The molecule has 2 atom stereocenters. The predicted octanol–water partition coefficient (Wildman–Crippen LogP) is 3.92. The Kier molecular flexibility index (Phi) is 3.28. The Balaban J connectivity index is 1.82. The van der Waals surface area contributed by atoms with Crippen molar-refractivity contribution in [2.75, 3.05) is 20.1 Å². The van der Waals surface area contributed by atoms with E-state index in [1.165, 1.54) is 17.2 Å². The van der Waals surface area contributed by atoms with Gasteiger partial charge in [-0.05, 0) is 55.3 Å². The Morgan fingerprint density at radius 3 is 2.50 bits per heavy atom. The summed E-state index contributed by atoms with van der Waals surface area (Å²) >= 11 is 0. The highest BCUT2D eigenvalue weighted by Crippen LogP contribution is 2.55. The van der Waals surface area contributed by atoms with Crippen molar-refractivity contribution in [3.63, 3.8) is 0 Å². The van der Waals surface area contributed by atoms with Crippen molar-refractivity contribution >= 4 is 10.8 Å². The summed E-state index contributed by atoms with van der Waals surface area (Å²) in [5.74, 6) is 0. The first-order chi connectivity index (χ1) is 10.6. The van der Waals surface area contributed by atoms with Crippen LogP contribution in [0.2, 0.25) is 0 Å². The molecule has 4 rings (SSSR count). The third kappa shape index (κ3) is 2.01. The highest BCUT2D eigenvalue weighted by atomic mass is 16.3. The van der Waals surface area contributed by atoms with Gasteiger partial charge < -0.3 is 10.0 Å². The molecule has 1 aliphatic heterocycles. The van der Waals surface area contributed by atoms with Crippen LogP contribution in [0.3, 0.4) is 0 Å². The number of hydrogen-bond donors (Lipinski definition) is 1. The standard InChI is InChI=1S/C20H25NO/c1-21-13-12-19(15-21)10-4-5-11-20(19,22)18-9-8-16-6-2-3-7-17(16)14-18/h2-3,6-9,14,22H,4-5,10-13,15H2,1H3. The van der Waals surface area contributed by atoms with Gasteiger partial charge >= 0.3 is 0 Å². The quantitative estimate of drug-likeness (QED) is 0.862. The molecular formula is C20H25NO. The van der Waals surface area contributed by atoms with Crippen LogP contribution in [0.4, 0.5) is 0 Å². The molecule has 1 aliphatic carbocycles. The van der Waals surface area contributed by atoms with Crippen molar-refractivity contribution in [3.8, 4) is 0 Å². The molecule has 2 aromatic rings. The van der Waals surface area contributed by atoms with Gasteiger partial charge in [-0.1, -0.05) is 49.2 Å². The number of nitrogens with zero attached hydrogens (tertiary/aromatic N) is 1. The SMILES string of the molecule is CN1CCC2(CCCCC2(O)c2ccc3ccccc3c2)C1. The maximum atomic E-state index is 11.7. The Hall–Kier alpha value is -1.38. The molecule has 2 nitrogen and oxygen atoms in total. The van der Waals surface area contributed by atoms with Crippen LogP contribution in [0.25, 0.3) is 10.8 Å². The summed E-state index contributed by atoms with van der Waals surface area (Å²) < 4.78 is 0. The lowest BCUT2D eigenvalue weighted by Crippen LogP contribution is -2.49. The van der Waals surface area contributed by atoms with Crippen molar-refractivity contribution < 1.29 is 5.11 Å². The molecule has 2 aromatic carbocycles. The Bertz CT molecular complexity index is 693. The van der Waals surface area contributed by atoms with Gasteiger partial charge in [0.05, 0.1) is 5.60 Å². The highest BCUT2D eigenvalue weighted by molar-refractivity contribution is 5.83. The molecule has 1 heterocycles.